The van der Waals surface area contributed by atoms with Gasteiger partial charge in [-0.3, -0.25) is 0 Å². The molecule has 0 spiro atoms. The molecule has 3 heteroatoms. The number of hydrogen-bond acceptors (Lipinski definition) is 2. The summed E-state index contributed by atoms with van der Waals surface area (Å²) in [6.45, 7) is 5.97. The summed E-state index contributed by atoms with van der Waals surface area (Å²) in [6, 6.07) is 13.5. The van der Waals surface area contributed by atoms with E-state index in [0.717, 1.165) is 22.3 Å². The molecule has 0 aliphatic carbocycles. The summed E-state index contributed by atoms with van der Waals surface area (Å²) in [6.07, 6.45) is -0.529. The van der Waals surface area contributed by atoms with Crippen LogP contribution in [0.5, 0.6) is 5.75 Å². The van der Waals surface area contributed by atoms with E-state index in [4.69, 9.17) is 4.74 Å². The van der Waals surface area contributed by atoms with Crippen molar-refractivity contribution in [3.63, 3.8) is 0 Å². The molecule has 1 unspecified atom stereocenters. The molecule has 0 radical (unpaired) electrons. The van der Waals surface area contributed by atoms with Gasteiger partial charge in [0, 0.05) is 6.42 Å². The summed E-state index contributed by atoms with van der Waals surface area (Å²) in [5, 5.41) is 9.38. The second-order valence-corrected chi connectivity index (χ2v) is 5.46. The Morgan fingerprint density at radius 3 is 2.29 bits per heavy atom. The maximum absolute atomic E-state index is 11.4. The van der Waals surface area contributed by atoms with Crippen LogP contribution in [0.4, 0.5) is 0 Å². The molecule has 0 amide bonds. The zero-order valence-corrected chi connectivity index (χ0v) is 12.6. The van der Waals surface area contributed by atoms with Crippen LogP contribution in [0.25, 0.3) is 0 Å². The van der Waals surface area contributed by atoms with Gasteiger partial charge in [0.25, 0.3) is 0 Å². The van der Waals surface area contributed by atoms with Crippen LogP contribution in [0.3, 0.4) is 0 Å². The minimum absolute atomic E-state index is 0.353. The second kappa shape index (κ2) is 6.44. The van der Waals surface area contributed by atoms with Crippen molar-refractivity contribution in [2.75, 3.05) is 0 Å². The first-order valence-electron chi connectivity index (χ1n) is 6.97. The van der Waals surface area contributed by atoms with Gasteiger partial charge < -0.3 is 9.84 Å². The lowest BCUT2D eigenvalue weighted by molar-refractivity contribution is -0.145. The normalized spacial score (nSPS) is 12.0. The zero-order valence-electron chi connectivity index (χ0n) is 12.6. The molecule has 1 atom stereocenters. The minimum atomic E-state index is -0.948. The highest BCUT2D eigenvalue weighted by Crippen LogP contribution is 2.18. The predicted molar refractivity (Wildman–Crippen MR) is 82.9 cm³/mol. The van der Waals surface area contributed by atoms with Gasteiger partial charge in [0.15, 0.2) is 6.10 Å². The largest absolute Gasteiger partial charge is 0.478 e. The van der Waals surface area contributed by atoms with Crippen molar-refractivity contribution in [3.05, 3.63) is 64.7 Å². The Morgan fingerprint density at radius 2 is 1.71 bits per heavy atom. The molecule has 0 aromatic heterocycles. The van der Waals surface area contributed by atoms with Crippen molar-refractivity contribution in [1.82, 2.24) is 0 Å². The van der Waals surface area contributed by atoms with Gasteiger partial charge in [-0.15, -0.1) is 0 Å². The number of carboxylic acids is 1. The standard InChI is InChI=1S/C18H20O3/c1-12-5-4-6-16(10-12)21-17(18(19)20)11-15-8-13(2)7-14(3)9-15/h4-10,17H,11H2,1-3H3,(H,19,20). The highest BCUT2D eigenvalue weighted by Gasteiger charge is 2.20. The molecular formula is C18H20O3. The second-order valence-electron chi connectivity index (χ2n) is 5.46. The molecule has 0 saturated heterocycles. The number of benzene rings is 2. The van der Waals surface area contributed by atoms with Crippen molar-refractivity contribution >= 4 is 5.97 Å². The summed E-state index contributed by atoms with van der Waals surface area (Å²) in [4.78, 5) is 11.4. The van der Waals surface area contributed by atoms with Crippen LogP contribution in [-0.2, 0) is 11.2 Å². The Bertz CT molecular complexity index is 626. The number of carboxylic acid groups (broad SMARTS) is 1. The quantitative estimate of drug-likeness (QED) is 0.911. The van der Waals surface area contributed by atoms with Crippen LogP contribution >= 0.6 is 0 Å². The van der Waals surface area contributed by atoms with Gasteiger partial charge in [0.1, 0.15) is 5.75 Å². The topological polar surface area (TPSA) is 46.5 Å². The first-order valence-corrected chi connectivity index (χ1v) is 6.97. The fraction of sp³-hybridized carbons (Fsp3) is 0.278. The Balaban J connectivity index is 2.17. The number of hydrogen-bond donors (Lipinski definition) is 1. The molecule has 0 bridgehead atoms. The molecule has 110 valence electrons. The molecule has 0 heterocycles. The van der Waals surface area contributed by atoms with E-state index in [1.54, 1.807) is 6.07 Å². The predicted octanol–water partition coefficient (Wildman–Crippen LogP) is 3.69. The van der Waals surface area contributed by atoms with E-state index in [9.17, 15) is 9.90 Å². The highest BCUT2D eigenvalue weighted by atomic mass is 16.5. The molecule has 0 fully saturated rings. The number of rotatable bonds is 5. The molecule has 0 saturated carbocycles. The smallest absolute Gasteiger partial charge is 0.345 e. The van der Waals surface area contributed by atoms with Crippen LogP contribution in [0.2, 0.25) is 0 Å². The Labute approximate surface area is 125 Å². The van der Waals surface area contributed by atoms with E-state index in [-0.39, 0.29) is 0 Å². The number of ether oxygens (including phenoxy) is 1. The summed E-state index contributed by atoms with van der Waals surface area (Å²) >= 11 is 0. The van der Waals surface area contributed by atoms with Gasteiger partial charge >= 0.3 is 5.97 Å². The SMILES string of the molecule is Cc1cc(C)cc(CC(Oc2cccc(C)c2)C(=O)O)c1. The molecule has 0 aliphatic rings. The van der Waals surface area contributed by atoms with Crippen molar-refractivity contribution < 1.29 is 14.6 Å². The third-order valence-electron chi connectivity index (χ3n) is 3.25. The molecule has 2 aromatic carbocycles. The molecule has 2 rings (SSSR count). The van der Waals surface area contributed by atoms with Crippen LogP contribution in [0, 0.1) is 20.8 Å². The van der Waals surface area contributed by atoms with E-state index in [1.807, 2.05) is 51.1 Å². The fourth-order valence-corrected chi connectivity index (χ4v) is 2.43. The summed E-state index contributed by atoms with van der Waals surface area (Å²) in [7, 11) is 0. The van der Waals surface area contributed by atoms with E-state index >= 15 is 0 Å². The Hall–Kier alpha value is -2.29. The first kappa shape index (κ1) is 15.1. The van der Waals surface area contributed by atoms with E-state index in [0.29, 0.717) is 12.2 Å². The summed E-state index contributed by atoms with van der Waals surface area (Å²) in [5.41, 5.74) is 4.28. The van der Waals surface area contributed by atoms with Gasteiger partial charge in [-0.25, -0.2) is 4.79 Å². The fourth-order valence-electron chi connectivity index (χ4n) is 2.43. The maximum atomic E-state index is 11.4. The molecule has 21 heavy (non-hydrogen) atoms. The minimum Gasteiger partial charge on any atom is -0.478 e. The highest BCUT2D eigenvalue weighted by molar-refractivity contribution is 5.73. The number of carbonyl (C=O) groups is 1. The molecule has 1 N–H and O–H groups in total. The molecule has 2 aromatic rings. The van der Waals surface area contributed by atoms with Gasteiger partial charge in [-0.2, -0.15) is 0 Å². The van der Waals surface area contributed by atoms with E-state index < -0.39 is 12.1 Å². The third kappa shape index (κ3) is 4.35. The van der Waals surface area contributed by atoms with Crippen LogP contribution < -0.4 is 4.74 Å². The number of aryl methyl sites for hydroxylation is 3. The van der Waals surface area contributed by atoms with Gasteiger partial charge in [0.2, 0.25) is 0 Å². The average molecular weight is 284 g/mol. The number of aliphatic carboxylic acids is 1. The van der Waals surface area contributed by atoms with Crippen molar-refractivity contribution in [3.8, 4) is 5.75 Å². The van der Waals surface area contributed by atoms with Crippen LogP contribution in [-0.4, -0.2) is 17.2 Å². The maximum Gasteiger partial charge on any atom is 0.345 e. The van der Waals surface area contributed by atoms with Crippen molar-refractivity contribution in [1.29, 1.82) is 0 Å². The molecular weight excluding hydrogens is 264 g/mol. The third-order valence-corrected chi connectivity index (χ3v) is 3.25. The molecule has 0 aliphatic heterocycles. The van der Waals surface area contributed by atoms with E-state index in [1.165, 1.54) is 0 Å². The lowest BCUT2D eigenvalue weighted by atomic mass is 10.0. The lowest BCUT2D eigenvalue weighted by Gasteiger charge is -2.16. The summed E-state index contributed by atoms with van der Waals surface area (Å²) in [5.74, 6) is -0.359. The average Bonchev–Trinajstić information content (AvgIpc) is 2.36. The lowest BCUT2D eigenvalue weighted by Crippen LogP contribution is -2.29. The first-order chi connectivity index (χ1) is 9.94. The monoisotopic (exact) mass is 284 g/mol. The summed E-state index contributed by atoms with van der Waals surface area (Å²) < 4.78 is 5.64. The van der Waals surface area contributed by atoms with Gasteiger partial charge in [-0.1, -0.05) is 41.5 Å². The zero-order chi connectivity index (χ0) is 15.4. The van der Waals surface area contributed by atoms with Gasteiger partial charge in [0.05, 0.1) is 0 Å². The van der Waals surface area contributed by atoms with E-state index in [2.05, 4.69) is 6.07 Å². The van der Waals surface area contributed by atoms with Crippen LogP contribution in [0.15, 0.2) is 42.5 Å². The molecule has 3 nitrogen and oxygen atoms in total. The Kier molecular flexibility index (Phi) is 4.63. The van der Waals surface area contributed by atoms with Crippen molar-refractivity contribution in [2.24, 2.45) is 0 Å². The van der Waals surface area contributed by atoms with Crippen LogP contribution in [0.1, 0.15) is 22.3 Å². The van der Waals surface area contributed by atoms with Crippen molar-refractivity contribution in [2.45, 2.75) is 33.3 Å². The Morgan fingerprint density at radius 1 is 1.05 bits per heavy atom. The van der Waals surface area contributed by atoms with Gasteiger partial charge in [-0.05, 0) is 44.0 Å².